The van der Waals surface area contributed by atoms with Crippen LogP contribution in [0, 0.1) is 17.8 Å². The molecule has 0 fully saturated rings. The number of Topliss-reactive ketones (excluding diaryl/α,β-unsaturated/α-hetero) is 1. The van der Waals surface area contributed by atoms with Crippen molar-refractivity contribution >= 4 is 49.6 Å². The maximum atomic E-state index is 13.5. The van der Waals surface area contributed by atoms with Gasteiger partial charge in [0.25, 0.3) is 0 Å². The average Bonchev–Trinajstić information content (AvgIpc) is 2.68. The average molecular weight is 524 g/mol. The zero-order chi connectivity index (χ0) is 21.3. The summed E-state index contributed by atoms with van der Waals surface area (Å²) in [6.45, 7) is 3.82. The molecule has 1 aliphatic rings. The number of rotatable bonds is 5. The Morgan fingerprint density at radius 1 is 1.03 bits per heavy atom. The molecule has 3 atom stereocenters. The lowest BCUT2D eigenvalue weighted by atomic mass is 9.68. The van der Waals surface area contributed by atoms with E-state index in [2.05, 4.69) is 31.9 Å². The highest BCUT2D eigenvalue weighted by Gasteiger charge is 2.49. The van der Waals surface area contributed by atoms with Crippen molar-refractivity contribution in [2.75, 3.05) is 7.11 Å². The zero-order valence-electron chi connectivity index (χ0n) is 16.1. The summed E-state index contributed by atoms with van der Waals surface area (Å²) in [7, 11) is 1.23. The summed E-state index contributed by atoms with van der Waals surface area (Å²) in [5, 5.41) is 0. The molecular weight excluding hydrogens is 504 g/mol. The van der Waals surface area contributed by atoms with Crippen molar-refractivity contribution in [3.8, 4) is 5.75 Å². The second-order valence-corrected chi connectivity index (χ2v) is 9.10. The molecule has 0 saturated heterocycles. The minimum absolute atomic E-state index is 0.132. The van der Waals surface area contributed by atoms with Crippen LogP contribution in [0.2, 0.25) is 0 Å². The van der Waals surface area contributed by atoms with Crippen LogP contribution in [-0.2, 0) is 14.3 Å². The molecule has 0 spiro atoms. The number of esters is 2. The maximum absolute atomic E-state index is 13.5. The summed E-state index contributed by atoms with van der Waals surface area (Å²) in [6.07, 6.45) is 0. The van der Waals surface area contributed by atoms with E-state index in [0.29, 0.717) is 16.9 Å². The molecule has 0 radical (unpaired) electrons. The molecule has 5 nitrogen and oxygen atoms in total. The van der Waals surface area contributed by atoms with E-state index in [1.54, 1.807) is 42.5 Å². The van der Waals surface area contributed by atoms with Crippen LogP contribution in [-0.4, -0.2) is 24.8 Å². The highest BCUT2D eigenvalue weighted by molar-refractivity contribution is 9.10. The van der Waals surface area contributed by atoms with Crippen LogP contribution >= 0.6 is 31.9 Å². The van der Waals surface area contributed by atoms with Crippen LogP contribution in [0.3, 0.4) is 0 Å². The standard InChI is InChI=1S/C22H20Br2O5/c1-11(2)17(20(25)12-4-6-13(23)7-5-12)18-15-10-14(24)8-9-16(15)29-22(27)19(18)21(26)28-3/h4-11,17-19H,1-3H3/t17-,18-,19+/m0/s1. The predicted molar refractivity (Wildman–Crippen MR) is 115 cm³/mol. The molecule has 0 aromatic heterocycles. The molecule has 0 aliphatic carbocycles. The summed E-state index contributed by atoms with van der Waals surface area (Å²) in [4.78, 5) is 38.8. The van der Waals surface area contributed by atoms with Crippen LogP contribution < -0.4 is 4.74 Å². The van der Waals surface area contributed by atoms with E-state index in [4.69, 9.17) is 9.47 Å². The monoisotopic (exact) mass is 522 g/mol. The lowest BCUT2D eigenvalue weighted by Gasteiger charge is -2.37. The molecule has 0 bridgehead atoms. The SMILES string of the molecule is COC(=O)[C@@H]1C(=O)Oc2ccc(Br)cc2[C@H]1[C@@H](C(=O)c1ccc(Br)cc1)C(C)C. The number of ether oxygens (including phenoxy) is 2. The Bertz CT molecular complexity index is 952. The number of hydrogen-bond acceptors (Lipinski definition) is 5. The molecule has 2 aromatic carbocycles. The molecular formula is C22H20Br2O5. The van der Waals surface area contributed by atoms with Crippen molar-refractivity contribution in [3.05, 3.63) is 62.5 Å². The number of carbonyl (C=O) groups is 3. The molecule has 152 valence electrons. The Balaban J connectivity index is 2.18. The summed E-state index contributed by atoms with van der Waals surface area (Å²) in [5.74, 6) is -3.86. The van der Waals surface area contributed by atoms with Gasteiger partial charge in [-0.1, -0.05) is 57.8 Å². The molecule has 29 heavy (non-hydrogen) atoms. The molecule has 1 aliphatic heterocycles. The zero-order valence-corrected chi connectivity index (χ0v) is 19.3. The smallest absolute Gasteiger partial charge is 0.326 e. The van der Waals surface area contributed by atoms with Gasteiger partial charge in [-0.25, -0.2) is 0 Å². The van der Waals surface area contributed by atoms with E-state index in [9.17, 15) is 14.4 Å². The summed E-state index contributed by atoms with van der Waals surface area (Å²) < 4.78 is 11.9. The van der Waals surface area contributed by atoms with Crippen molar-refractivity contribution < 1.29 is 23.9 Å². The highest BCUT2D eigenvalue weighted by atomic mass is 79.9. The molecule has 0 amide bonds. The molecule has 1 heterocycles. The number of carbonyl (C=O) groups excluding carboxylic acids is 3. The molecule has 0 N–H and O–H groups in total. The largest absolute Gasteiger partial charge is 0.468 e. The molecule has 2 aromatic rings. The Kier molecular flexibility index (Phi) is 6.58. The van der Waals surface area contributed by atoms with Gasteiger partial charge in [-0.3, -0.25) is 14.4 Å². The molecule has 0 unspecified atom stereocenters. The van der Waals surface area contributed by atoms with Crippen LogP contribution in [0.1, 0.15) is 35.7 Å². The molecule has 7 heteroatoms. The van der Waals surface area contributed by atoms with Gasteiger partial charge in [0.2, 0.25) is 0 Å². The molecule has 0 saturated carbocycles. The van der Waals surface area contributed by atoms with Crippen molar-refractivity contribution in [1.82, 2.24) is 0 Å². The number of fused-ring (bicyclic) bond motifs is 1. The van der Waals surface area contributed by atoms with E-state index < -0.39 is 29.7 Å². The van der Waals surface area contributed by atoms with Crippen molar-refractivity contribution in [2.24, 2.45) is 17.8 Å². The molecule has 3 rings (SSSR count). The fourth-order valence-electron chi connectivity index (χ4n) is 3.83. The normalized spacial score (nSPS) is 19.3. The number of methoxy groups -OCH3 is 1. The van der Waals surface area contributed by atoms with Gasteiger partial charge in [-0.15, -0.1) is 0 Å². The second-order valence-electron chi connectivity index (χ2n) is 7.27. The first-order valence-corrected chi connectivity index (χ1v) is 10.7. The quantitative estimate of drug-likeness (QED) is 0.234. The lowest BCUT2D eigenvalue weighted by molar-refractivity contribution is -0.158. The third-order valence-corrected chi connectivity index (χ3v) is 6.17. The van der Waals surface area contributed by atoms with Crippen LogP contribution in [0.15, 0.2) is 51.4 Å². The minimum atomic E-state index is -1.21. The van der Waals surface area contributed by atoms with Gasteiger partial charge in [0, 0.05) is 31.9 Å². The van der Waals surface area contributed by atoms with Crippen LogP contribution in [0.4, 0.5) is 0 Å². The maximum Gasteiger partial charge on any atom is 0.326 e. The number of halogens is 2. The predicted octanol–water partition coefficient (Wildman–Crippen LogP) is 5.16. The van der Waals surface area contributed by atoms with Crippen molar-refractivity contribution in [3.63, 3.8) is 0 Å². The Morgan fingerprint density at radius 3 is 2.24 bits per heavy atom. The van der Waals surface area contributed by atoms with E-state index in [-0.39, 0.29) is 11.7 Å². The van der Waals surface area contributed by atoms with Gasteiger partial charge >= 0.3 is 11.9 Å². The summed E-state index contributed by atoms with van der Waals surface area (Å²) in [6, 6.07) is 12.3. The lowest BCUT2D eigenvalue weighted by Crippen LogP contribution is -2.44. The van der Waals surface area contributed by atoms with Crippen LogP contribution in [0.25, 0.3) is 0 Å². The first-order valence-electron chi connectivity index (χ1n) is 9.13. The third kappa shape index (κ3) is 4.31. The first-order chi connectivity index (χ1) is 13.7. The topological polar surface area (TPSA) is 69.7 Å². The summed E-state index contributed by atoms with van der Waals surface area (Å²) >= 11 is 6.81. The Morgan fingerprint density at radius 2 is 1.66 bits per heavy atom. The Labute approximate surface area is 186 Å². The Hall–Kier alpha value is -1.99. The third-order valence-electron chi connectivity index (χ3n) is 5.15. The van der Waals surface area contributed by atoms with Gasteiger partial charge in [0.05, 0.1) is 7.11 Å². The highest BCUT2D eigenvalue weighted by Crippen LogP contribution is 2.47. The minimum Gasteiger partial charge on any atom is -0.468 e. The fraction of sp³-hybridized carbons (Fsp3) is 0.318. The number of hydrogen-bond donors (Lipinski definition) is 0. The second kappa shape index (κ2) is 8.79. The number of ketones is 1. The fourth-order valence-corrected chi connectivity index (χ4v) is 4.47. The van der Waals surface area contributed by atoms with Crippen molar-refractivity contribution in [1.29, 1.82) is 0 Å². The van der Waals surface area contributed by atoms with E-state index in [0.717, 1.165) is 8.95 Å². The van der Waals surface area contributed by atoms with Crippen LogP contribution in [0.5, 0.6) is 5.75 Å². The van der Waals surface area contributed by atoms with Gasteiger partial charge < -0.3 is 9.47 Å². The first kappa shape index (κ1) is 21.7. The van der Waals surface area contributed by atoms with Crippen molar-refractivity contribution in [2.45, 2.75) is 19.8 Å². The van der Waals surface area contributed by atoms with Gasteiger partial charge in [0.1, 0.15) is 5.75 Å². The van der Waals surface area contributed by atoms with Gasteiger partial charge in [-0.05, 0) is 36.2 Å². The van der Waals surface area contributed by atoms with E-state index in [1.807, 2.05) is 13.8 Å². The van der Waals surface area contributed by atoms with E-state index >= 15 is 0 Å². The van der Waals surface area contributed by atoms with Gasteiger partial charge in [0.15, 0.2) is 11.7 Å². The van der Waals surface area contributed by atoms with Gasteiger partial charge in [-0.2, -0.15) is 0 Å². The number of benzene rings is 2. The van der Waals surface area contributed by atoms with E-state index in [1.165, 1.54) is 7.11 Å². The summed E-state index contributed by atoms with van der Waals surface area (Å²) in [5.41, 5.74) is 1.16.